The summed E-state index contributed by atoms with van der Waals surface area (Å²) in [5, 5.41) is 28.1. The van der Waals surface area contributed by atoms with Crippen molar-refractivity contribution in [1.29, 1.82) is 0 Å². The zero-order valence-electron chi connectivity index (χ0n) is 54.5. The molecule has 0 saturated carbocycles. The summed E-state index contributed by atoms with van der Waals surface area (Å²) < 4.78 is 31.9. The van der Waals surface area contributed by atoms with Crippen molar-refractivity contribution >= 4 is 77.3 Å². The van der Waals surface area contributed by atoms with Gasteiger partial charge in [0.05, 0.1) is 41.7 Å². The number of phosphoric ester groups is 1. The second-order valence-corrected chi connectivity index (χ2v) is 28.4. The summed E-state index contributed by atoms with van der Waals surface area (Å²) in [7, 11) is -5.32. The van der Waals surface area contributed by atoms with Crippen LogP contribution < -0.4 is 49.9 Å². The van der Waals surface area contributed by atoms with Crippen molar-refractivity contribution in [3.8, 4) is 0 Å². The number of amides is 7. The molecule has 15 atom stereocenters. The quantitative estimate of drug-likeness (QED) is 0.0478. The maximum absolute atomic E-state index is 14.4. The van der Waals surface area contributed by atoms with Crippen molar-refractivity contribution in [1.82, 2.24) is 20.2 Å². The first kappa shape index (κ1) is 74.5. The zero-order valence-corrected chi connectivity index (χ0v) is 56.5. The van der Waals surface area contributed by atoms with Crippen molar-refractivity contribution in [3.63, 3.8) is 0 Å². The molecule has 16 N–H and O–H groups in total. The first-order valence-corrected chi connectivity index (χ1v) is 32.0. The van der Waals surface area contributed by atoms with Crippen LogP contribution in [0.3, 0.4) is 0 Å². The Balaban J connectivity index is 0.00000672. The fourth-order valence-electron chi connectivity index (χ4n) is 15.4. The number of ether oxygens (including phenoxy) is 1. The number of aliphatic hydroxyl groups is 2. The molecule has 6 aliphatic heterocycles. The average Bonchev–Trinajstić information content (AvgIpc) is 1.53. The fraction of sp³-hybridized carbons (Fsp3) is 0.619. The van der Waals surface area contributed by atoms with Crippen LogP contribution in [-0.4, -0.2) is 127 Å². The van der Waals surface area contributed by atoms with Gasteiger partial charge in [-0.1, -0.05) is 34.6 Å². The van der Waals surface area contributed by atoms with E-state index in [-0.39, 0.29) is 101 Å². The minimum Gasteiger partial charge on any atom is -0.756 e. The molecular weight excluding hydrogens is 1250 g/mol. The van der Waals surface area contributed by atoms with Gasteiger partial charge in [0.25, 0.3) is 7.82 Å². The van der Waals surface area contributed by atoms with E-state index in [9.17, 15) is 53.2 Å². The molecule has 1 aromatic carbocycles. The summed E-state index contributed by atoms with van der Waals surface area (Å²) in [4.78, 5) is 128. The largest absolute Gasteiger partial charge is 2.00 e. The van der Waals surface area contributed by atoms with Crippen LogP contribution in [0.5, 0.6) is 0 Å². The van der Waals surface area contributed by atoms with E-state index in [1.165, 1.54) is 17.8 Å². The minimum absolute atomic E-state index is 0. The SMILES string of the molecule is C/C1=C2N=C(/C=C3\N/C(=C(/C)C4=N[C@@](C)([C@@H]5N=C1[C@](C)(CCC(=O)NC[C@@H](C)OP(=O)([O-])OC1C(O)[C@@H](n6cnc7cc(C)c(C)cc76)O[C@@H]1CO)[C@H]5CC(N)=O)[C@@](C)(CC(N)=O)[C@@H]4CCC(N)=O)[C@@](C)(CC(N)=O)[C@@H]3CCC(N)=O)C(C)(C)[C@@H]/2CCC(N)=O.[CH3-].[Co+2]. The van der Waals surface area contributed by atoms with Crippen LogP contribution >= 0.6 is 7.82 Å². The van der Waals surface area contributed by atoms with Crippen molar-refractivity contribution in [2.45, 2.75) is 189 Å². The van der Waals surface area contributed by atoms with Gasteiger partial charge < -0.3 is 85.9 Å². The number of rotatable bonds is 26. The van der Waals surface area contributed by atoms with Gasteiger partial charge in [0.15, 0.2) is 6.23 Å². The van der Waals surface area contributed by atoms with Crippen molar-refractivity contribution in [2.75, 3.05) is 13.2 Å². The molecule has 7 amide bonds. The molecule has 1 aromatic heterocycles. The second-order valence-electron chi connectivity index (χ2n) is 27.1. The molecule has 507 valence electrons. The molecule has 2 aromatic rings. The molecule has 1 radical (unpaired) electrons. The van der Waals surface area contributed by atoms with Crippen molar-refractivity contribution in [2.24, 2.45) is 94.7 Å². The molecule has 6 aliphatic rings. The summed E-state index contributed by atoms with van der Waals surface area (Å²) in [6.45, 7) is 19.1. The summed E-state index contributed by atoms with van der Waals surface area (Å²) in [6.07, 6.45) is -4.57. The van der Waals surface area contributed by atoms with Crippen LogP contribution in [0.4, 0.5) is 0 Å². The average molecular weight is 1350 g/mol. The normalized spacial score (nSPS) is 33.5. The number of allylic oxidation sites excluding steroid dienone is 6. The Morgan fingerprint density at radius 2 is 1.40 bits per heavy atom. The number of fused-ring (bicyclic) bond motifs is 7. The van der Waals surface area contributed by atoms with Gasteiger partial charge in [-0.15, -0.1) is 0 Å². The number of aryl methyl sites for hydroxylation is 2. The second kappa shape index (κ2) is 27.8. The van der Waals surface area contributed by atoms with E-state index in [0.717, 1.165) is 11.1 Å². The van der Waals surface area contributed by atoms with Crippen LogP contribution in [0.2, 0.25) is 0 Å². The van der Waals surface area contributed by atoms with E-state index < -0.39 is 143 Å². The Kier molecular flexibility index (Phi) is 22.6. The van der Waals surface area contributed by atoms with Gasteiger partial charge in [-0.05, 0) is 108 Å². The molecule has 2 fully saturated rings. The standard InChI is InChI=1S/C62H90N13O14P.CH3.Co/c1-29-20-39-40(21-30(29)2)75(28-70-39)57-52(84)53(41(27-76)87-57)89-90(85,86)88-31(3)26-69-49(83)18-19-59(8)37(22-46(66)80)56-62(11)61(10,25-48(68)82)36(14-17-45(65)79)51(74-62)33(5)55-60(9,24-47(67)81)34(12-15-43(63)77)38(71-55)23-42-58(6,7)35(13-16-44(64)78)50(72-42)32(4)54(59)73-56;;/h20-21,23,28,31,34-37,41,52-53,56-57,71,76,84H,12-19,22,24-27H2,1-11H3,(H2,63,77)(H2,64,78)(H2,65,79)(H2,66,80)(H2,67,81)(H2,68,82)(H,69,83)(H,85,86);1H3;/q;-1;+2/p-1/b38-23-,50-32-,55-33-;;/t31-,34-,35-,36-,37+,41-,52?,53?,56-,57+,59-,60+,61+,62+;;/m1../s1. The predicted octanol–water partition coefficient (Wildman–Crippen LogP) is 2.98. The first-order chi connectivity index (χ1) is 41.8. The Morgan fingerprint density at radius 1 is 0.815 bits per heavy atom. The molecule has 3 unspecified atom stereocenters. The Bertz CT molecular complexity index is 3540. The molecule has 0 aliphatic carbocycles. The molecule has 0 spiro atoms. The molecule has 29 heteroatoms. The van der Waals surface area contributed by atoms with E-state index in [0.29, 0.717) is 56.4 Å². The fourth-order valence-corrected chi connectivity index (χ4v) is 16.6. The van der Waals surface area contributed by atoms with Gasteiger partial charge in [-0.25, -0.2) is 4.98 Å². The number of nitrogens with zero attached hydrogens (tertiary/aromatic N) is 5. The summed E-state index contributed by atoms with van der Waals surface area (Å²) >= 11 is 0. The van der Waals surface area contributed by atoms with Crippen LogP contribution in [-0.2, 0) is 68.7 Å². The molecule has 8 bridgehead atoms. The molecule has 27 nitrogen and oxygen atoms in total. The number of carbonyl (C=O) groups excluding carboxylic acids is 7. The summed E-state index contributed by atoms with van der Waals surface area (Å²) in [5.74, 6) is -7.24. The van der Waals surface area contributed by atoms with E-state index in [4.69, 9.17) is 63.2 Å². The number of phosphoric acid groups is 1. The maximum atomic E-state index is 14.4. The Morgan fingerprint density at radius 3 is 1.98 bits per heavy atom. The molecule has 7 heterocycles. The molecule has 8 rings (SSSR count). The predicted molar refractivity (Wildman–Crippen MR) is 338 cm³/mol. The number of aliphatic hydroxyl groups excluding tert-OH is 2. The Hall–Kier alpha value is -6.49. The monoisotopic (exact) mass is 1340 g/mol. The third-order valence-corrected chi connectivity index (χ3v) is 21.7. The van der Waals surface area contributed by atoms with Gasteiger partial charge in [0.1, 0.15) is 18.3 Å². The van der Waals surface area contributed by atoms with Gasteiger partial charge in [-0.3, -0.25) is 53.1 Å². The van der Waals surface area contributed by atoms with Gasteiger partial charge in [0.2, 0.25) is 41.4 Å². The van der Waals surface area contributed by atoms with E-state index >= 15 is 0 Å². The number of nitrogens with two attached hydrogens (primary N) is 6. The number of primary amides is 6. The number of aliphatic imine (C=N–C) groups is 3. The molecule has 2 saturated heterocycles. The number of imidazole rings is 1. The van der Waals surface area contributed by atoms with Gasteiger partial charge in [0, 0.05) is 131 Å². The minimum atomic E-state index is -5.32. The Labute approximate surface area is 547 Å². The zero-order chi connectivity index (χ0) is 66.7. The smallest absolute Gasteiger partial charge is 0.756 e. The third kappa shape index (κ3) is 14.1. The topological polar surface area (TPSA) is 463 Å². The third-order valence-electron chi connectivity index (χ3n) is 20.6. The number of benzene rings is 1. The summed E-state index contributed by atoms with van der Waals surface area (Å²) in [6, 6.07) is 2.67. The number of aromatic nitrogens is 2. The molecule has 92 heavy (non-hydrogen) atoms. The van der Waals surface area contributed by atoms with E-state index in [2.05, 4.69) is 15.6 Å². The maximum Gasteiger partial charge on any atom is 2.00 e. The van der Waals surface area contributed by atoms with Gasteiger partial charge in [-0.2, -0.15) is 0 Å². The van der Waals surface area contributed by atoms with Crippen LogP contribution in [0.25, 0.3) is 11.0 Å². The van der Waals surface area contributed by atoms with E-state index in [1.807, 2.05) is 87.4 Å². The first-order valence-electron chi connectivity index (χ1n) is 30.5. The number of hydrogen-bond acceptors (Lipinski definition) is 19. The van der Waals surface area contributed by atoms with Crippen molar-refractivity contribution < 1.29 is 83.8 Å². The van der Waals surface area contributed by atoms with Crippen LogP contribution in [0.1, 0.15) is 150 Å². The number of nitrogens with one attached hydrogen (secondary N) is 2. The number of hydrogen-bond donors (Lipinski definition) is 10. The number of carbonyl (C=O) groups is 7. The van der Waals surface area contributed by atoms with Crippen LogP contribution in [0.15, 0.2) is 67.8 Å². The van der Waals surface area contributed by atoms with Crippen molar-refractivity contribution in [3.05, 3.63) is 71.3 Å². The summed E-state index contributed by atoms with van der Waals surface area (Å²) in [5.41, 5.74) is 37.2. The van der Waals surface area contributed by atoms with Crippen LogP contribution in [0, 0.1) is 66.6 Å². The van der Waals surface area contributed by atoms with E-state index in [1.54, 1.807) is 0 Å². The molecular formula is C63H92CoN13O14P. The van der Waals surface area contributed by atoms with Gasteiger partial charge >= 0.3 is 16.8 Å².